The van der Waals surface area contributed by atoms with Crippen molar-refractivity contribution in [2.24, 2.45) is 5.92 Å². The van der Waals surface area contributed by atoms with Crippen LogP contribution in [0.2, 0.25) is 0 Å². The molecule has 0 radical (unpaired) electrons. The van der Waals surface area contributed by atoms with Crippen LogP contribution in [0.1, 0.15) is 12.0 Å². The van der Waals surface area contributed by atoms with Crippen LogP contribution in [-0.4, -0.2) is 36.6 Å². The molecule has 1 aromatic heterocycles. The molecule has 2 aromatic rings. The third-order valence-electron chi connectivity index (χ3n) is 4.58. The maximum absolute atomic E-state index is 12.5. The van der Waals surface area contributed by atoms with Crippen LogP contribution < -0.4 is 19.7 Å². The fourth-order valence-electron chi connectivity index (χ4n) is 3.17. The van der Waals surface area contributed by atoms with E-state index in [9.17, 15) is 9.59 Å². The number of amides is 2. The SMILES string of the molecule is Cc1cccnc1NC(=O)[C@@H]1CC(=O)N(c2ccc3c(c2)OCCO3)C1. The van der Waals surface area contributed by atoms with Gasteiger partial charge in [0, 0.05) is 30.9 Å². The largest absolute Gasteiger partial charge is 0.486 e. The van der Waals surface area contributed by atoms with Crippen molar-refractivity contribution in [2.75, 3.05) is 30.0 Å². The van der Waals surface area contributed by atoms with Crippen molar-refractivity contribution in [2.45, 2.75) is 13.3 Å². The van der Waals surface area contributed by atoms with Gasteiger partial charge in [-0.2, -0.15) is 0 Å². The number of hydrogen-bond acceptors (Lipinski definition) is 5. The van der Waals surface area contributed by atoms with Crippen LogP contribution in [-0.2, 0) is 9.59 Å². The average Bonchev–Trinajstić information content (AvgIpc) is 3.05. The van der Waals surface area contributed by atoms with E-state index in [0.29, 0.717) is 42.8 Å². The van der Waals surface area contributed by atoms with Gasteiger partial charge in [-0.25, -0.2) is 4.98 Å². The molecule has 134 valence electrons. The second kappa shape index (κ2) is 6.67. The Morgan fingerprint density at radius 2 is 2.04 bits per heavy atom. The normalized spacial score (nSPS) is 18.7. The van der Waals surface area contributed by atoms with Gasteiger partial charge in [0.05, 0.1) is 5.92 Å². The lowest BCUT2D eigenvalue weighted by atomic mass is 10.1. The molecular formula is C19H19N3O4. The van der Waals surface area contributed by atoms with Crippen molar-refractivity contribution in [3.63, 3.8) is 0 Å². The number of anilines is 2. The van der Waals surface area contributed by atoms with Crippen LogP contribution in [0.15, 0.2) is 36.5 Å². The second-order valence-corrected chi connectivity index (χ2v) is 6.39. The number of rotatable bonds is 3. The van der Waals surface area contributed by atoms with E-state index < -0.39 is 5.92 Å². The van der Waals surface area contributed by atoms with Crippen LogP contribution in [0.4, 0.5) is 11.5 Å². The van der Waals surface area contributed by atoms with Crippen LogP contribution in [0.3, 0.4) is 0 Å². The van der Waals surface area contributed by atoms with E-state index in [4.69, 9.17) is 9.47 Å². The van der Waals surface area contributed by atoms with Crippen molar-refractivity contribution in [1.82, 2.24) is 4.98 Å². The molecule has 7 nitrogen and oxygen atoms in total. The third-order valence-corrected chi connectivity index (χ3v) is 4.58. The van der Waals surface area contributed by atoms with Crippen LogP contribution in [0.5, 0.6) is 11.5 Å². The van der Waals surface area contributed by atoms with Crippen LogP contribution in [0, 0.1) is 12.8 Å². The van der Waals surface area contributed by atoms with Gasteiger partial charge in [0.1, 0.15) is 19.0 Å². The van der Waals surface area contributed by atoms with Gasteiger partial charge in [0.15, 0.2) is 11.5 Å². The number of hydrogen-bond donors (Lipinski definition) is 1. The first-order valence-electron chi connectivity index (χ1n) is 8.54. The Bertz CT molecular complexity index is 868. The summed E-state index contributed by atoms with van der Waals surface area (Å²) in [7, 11) is 0. The number of nitrogens with one attached hydrogen (secondary N) is 1. The van der Waals surface area contributed by atoms with Crippen LogP contribution in [0.25, 0.3) is 0 Å². The summed E-state index contributed by atoms with van der Waals surface area (Å²) in [5, 5.41) is 2.82. The maximum atomic E-state index is 12.5. The molecular weight excluding hydrogens is 334 g/mol. The van der Waals surface area contributed by atoms with Gasteiger partial charge in [-0.3, -0.25) is 9.59 Å². The Hall–Kier alpha value is -3.09. The molecule has 1 fully saturated rings. The first-order chi connectivity index (χ1) is 12.6. The Kier molecular flexibility index (Phi) is 4.20. The highest BCUT2D eigenvalue weighted by Crippen LogP contribution is 2.36. The molecule has 1 saturated heterocycles. The summed E-state index contributed by atoms with van der Waals surface area (Å²) in [6, 6.07) is 9.09. The van der Waals surface area contributed by atoms with Gasteiger partial charge < -0.3 is 19.7 Å². The topological polar surface area (TPSA) is 80.8 Å². The number of nitrogens with zero attached hydrogens (tertiary/aromatic N) is 2. The molecule has 3 heterocycles. The minimum absolute atomic E-state index is 0.0837. The molecule has 0 unspecified atom stereocenters. The van der Waals surface area contributed by atoms with Crippen molar-refractivity contribution >= 4 is 23.3 Å². The molecule has 2 amide bonds. The fourth-order valence-corrected chi connectivity index (χ4v) is 3.17. The molecule has 2 aliphatic rings. The Morgan fingerprint density at radius 1 is 1.23 bits per heavy atom. The molecule has 0 bridgehead atoms. The van der Waals surface area contributed by atoms with Gasteiger partial charge in [-0.1, -0.05) is 6.07 Å². The van der Waals surface area contributed by atoms with Crippen molar-refractivity contribution in [3.8, 4) is 11.5 Å². The first kappa shape index (κ1) is 16.4. The number of aromatic nitrogens is 1. The maximum Gasteiger partial charge on any atom is 0.230 e. The Morgan fingerprint density at radius 3 is 2.85 bits per heavy atom. The van der Waals surface area contributed by atoms with Crippen molar-refractivity contribution in [3.05, 3.63) is 42.1 Å². The lowest BCUT2D eigenvalue weighted by Gasteiger charge is -2.22. The van der Waals surface area contributed by atoms with Crippen molar-refractivity contribution < 1.29 is 19.1 Å². The summed E-state index contributed by atoms with van der Waals surface area (Å²) in [6.45, 7) is 3.21. The minimum atomic E-state index is -0.419. The van der Waals surface area contributed by atoms with Gasteiger partial charge >= 0.3 is 0 Å². The number of aryl methyl sites for hydroxylation is 1. The van der Waals surface area contributed by atoms with E-state index in [1.54, 1.807) is 23.2 Å². The number of pyridine rings is 1. The Balaban J connectivity index is 1.48. The first-order valence-corrected chi connectivity index (χ1v) is 8.54. The molecule has 4 rings (SSSR count). The molecule has 2 aliphatic heterocycles. The zero-order chi connectivity index (χ0) is 18.1. The standard InChI is InChI=1S/C19H19N3O4/c1-12-3-2-6-20-18(12)21-19(24)13-9-17(23)22(11-13)14-4-5-15-16(10-14)26-8-7-25-15/h2-6,10,13H,7-9,11H2,1H3,(H,20,21,24)/t13-/m1/s1. The molecule has 26 heavy (non-hydrogen) atoms. The van der Waals surface area contributed by atoms with Gasteiger partial charge in [-0.15, -0.1) is 0 Å². The van der Waals surface area contributed by atoms with Gasteiger partial charge in [-0.05, 0) is 30.7 Å². The highest BCUT2D eigenvalue weighted by Gasteiger charge is 2.35. The van der Waals surface area contributed by atoms with Gasteiger partial charge in [0.2, 0.25) is 11.8 Å². The lowest BCUT2D eigenvalue weighted by molar-refractivity contribution is -0.122. The fraction of sp³-hybridized carbons (Fsp3) is 0.316. The van der Waals surface area contributed by atoms with Gasteiger partial charge in [0.25, 0.3) is 0 Å². The predicted molar refractivity (Wildman–Crippen MR) is 95.5 cm³/mol. The van der Waals surface area contributed by atoms with E-state index >= 15 is 0 Å². The summed E-state index contributed by atoms with van der Waals surface area (Å²) in [5.74, 6) is 1.13. The number of carbonyl (C=O) groups is 2. The molecule has 7 heteroatoms. The predicted octanol–water partition coefficient (Wildman–Crippen LogP) is 2.15. The summed E-state index contributed by atoms with van der Waals surface area (Å²) < 4.78 is 11.1. The molecule has 1 aromatic carbocycles. The van der Waals surface area contributed by atoms with E-state index in [1.165, 1.54) is 0 Å². The zero-order valence-corrected chi connectivity index (χ0v) is 14.4. The molecule has 1 atom stereocenters. The quantitative estimate of drug-likeness (QED) is 0.914. The molecule has 0 spiro atoms. The number of ether oxygens (including phenoxy) is 2. The lowest BCUT2D eigenvalue weighted by Crippen LogP contribution is -2.28. The third kappa shape index (κ3) is 3.08. The Labute approximate surface area is 150 Å². The monoisotopic (exact) mass is 353 g/mol. The summed E-state index contributed by atoms with van der Waals surface area (Å²) >= 11 is 0. The summed E-state index contributed by atoms with van der Waals surface area (Å²) in [6.07, 6.45) is 1.80. The van der Waals surface area contributed by atoms with E-state index in [0.717, 1.165) is 5.56 Å². The number of benzene rings is 1. The minimum Gasteiger partial charge on any atom is -0.486 e. The second-order valence-electron chi connectivity index (χ2n) is 6.39. The number of carbonyl (C=O) groups excluding carboxylic acids is 2. The number of fused-ring (bicyclic) bond motifs is 1. The highest BCUT2D eigenvalue weighted by molar-refractivity contribution is 6.03. The van der Waals surface area contributed by atoms with E-state index in [1.807, 2.05) is 25.1 Å². The molecule has 1 N–H and O–H groups in total. The van der Waals surface area contributed by atoms with E-state index in [-0.39, 0.29) is 18.2 Å². The smallest absolute Gasteiger partial charge is 0.230 e. The van der Waals surface area contributed by atoms with E-state index in [2.05, 4.69) is 10.3 Å². The zero-order valence-electron chi connectivity index (χ0n) is 14.4. The van der Waals surface area contributed by atoms with Crippen molar-refractivity contribution in [1.29, 1.82) is 0 Å². The summed E-state index contributed by atoms with van der Waals surface area (Å²) in [4.78, 5) is 30.8. The van der Waals surface area contributed by atoms with Crippen LogP contribution >= 0.6 is 0 Å². The average molecular weight is 353 g/mol. The molecule has 0 aliphatic carbocycles. The highest BCUT2D eigenvalue weighted by atomic mass is 16.6. The molecule has 0 saturated carbocycles. The summed E-state index contributed by atoms with van der Waals surface area (Å²) in [5.41, 5.74) is 1.59.